The average molecular weight is 265 g/mol. The van der Waals surface area contributed by atoms with Crippen molar-refractivity contribution in [1.82, 2.24) is 15.0 Å². The summed E-state index contributed by atoms with van der Waals surface area (Å²) in [6, 6.07) is 9.06. The highest BCUT2D eigenvalue weighted by atomic mass is 16.4. The van der Waals surface area contributed by atoms with E-state index >= 15 is 0 Å². The molecule has 2 rings (SSSR count). The predicted molar refractivity (Wildman–Crippen MR) is 65.4 cm³/mol. The van der Waals surface area contributed by atoms with Gasteiger partial charge in [-0.05, 0) is 12.1 Å². The number of aromatic nitrogens is 3. The molecule has 0 spiro atoms. The standard InChI is InChI=1S/C12H15N3O4/c16-7-10(17)12(19)11(18)9-6-13-15(14-9)8-4-2-1-3-5-8/h1-6,10-12,16-19H,7H2/t10-,11-,12-/m1/s1. The monoisotopic (exact) mass is 265 g/mol. The molecule has 0 aliphatic carbocycles. The number of aliphatic hydroxyl groups is 4. The maximum atomic E-state index is 9.81. The van der Waals surface area contributed by atoms with Crippen molar-refractivity contribution in [1.29, 1.82) is 0 Å². The third-order valence-electron chi connectivity index (χ3n) is 2.70. The highest BCUT2D eigenvalue weighted by molar-refractivity contribution is 5.28. The van der Waals surface area contributed by atoms with Gasteiger partial charge in [0.1, 0.15) is 24.0 Å². The van der Waals surface area contributed by atoms with Crippen LogP contribution in [0.2, 0.25) is 0 Å². The van der Waals surface area contributed by atoms with E-state index in [1.165, 1.54) is 11.0 Å². The number of para-hydroxylation sites is 1. The molecule has 0 bridgehead atoms. The smallest absolute Gasteiger partial charge is 0.128 e. The first-order chi connectivity index (χ1) is 9.13. The Morgan fingerprint density at radius 3 is 2.42 bits per heavy atom. The lowest BCUT2D eigenvalue weighted by Crippen LogP contribution is -2.34. The van der Waals surface area contributed by atoms with E-state index in [2.05, 4.69) is 10.2 Å². The zero-order valence-corrected chi connectivity index (χ0v) is 10.0. The molecular weight excluding hydrogens is 250 g/mol. The summed E-state index contributed by atoms with van der Waals surface area (Å²) in [5.74, 6) is 0. The maximum Gasteiger partial charge on any atom is 0.128 e. The lowest BCUT2D eigenvalue weighted by Gasteiger charge is -2.19. The summed E-state index contributed by atoms with van der Waals surface area (Å²) in [5.41, 5.74) is 0.821. The van der Waals surface area contributed by atoms with Gasteiger partial charge in [-0.1, -0.05) is 18.2 Å². The van der Waals surface area contributed by atoms with Gasteiger partial charge in [0.25, 0.3) is 0 Å². The largest absolute Gasteiger partial charge is 0.394 e. The van der Waals surface area contributed by atoms with Crippen LogP contribution in [0.1, 0.15) is 11.8 Å². The van der Waals surface area contributed by atoms with Gasteiger partial charge < -0.3 is 20.4 Å². The number of rotatable bonds is 5. The van der Waals surface area contributed by atoms with Gasteiger partial charge in [-0.2, -0.15) is 15.0 Å². The fourth-order valence-electron chi connectivity index (χ4n) is 1.59. The van der Waals surface area contributed by atoms with E-state index in [0.717, 1.165) is 0 Å². The van der Waals surface area contributed by atoms with Crippen LogP contribution in [0.4, 0.5) is 0 Å². The third kappa shape index (κ3) is 2.96. The van der Waals surface area contributed by atoms with Crippen LogP contribution in [-0.2, 0) is 0 Å². The minimum absolute atomic E-state index is 0.115. The Kier molecular flexibility index (Phi) is 4.23. The normalized spacial score (nSPS) is 16.0. The van der Waals surface area contributed by atoms with Crippen molar-refractivity contribution in [3.05, 3.63) is 42.2 Å². The van der Waals surface area contributed by atoms with E-state index in [-0.39, 0.29) is 5.69 Å². The van der Waals surface area contributed by atoms with Gasteiger partial charge in [-0.15, -0.1) is 0 Å². The van der Waals surface area contributed by atoms with Crippen LogP contribution < -0.4 is 0 Å². The quantitative estimate of drug-likeness (QED) is 0.552. The van der Waals surface area contributed by atoms with Crippen molar-refractivity contribution in [3.63, 3.8) is 0 Å². The molecule has 19 heavy (non-hydrogen) atoms. The first-order valence-electron chi connectivity index (χ1n) is 5.76. The van der Waals surface area contributed by atoms with Crippen LogP contribution in [0, 0.1) is 0 Å². The van der Waals surface area contributed by atoms with Crippen molar-refractivity contribution in [3.8, 4) is 5.69 Å². The number of hydrogen-bond donors (Lipinski definition) is 4. The molecule has 4 N–H and O–H groups in total. The molecule has 102 valence electrons. The van der Waals surface area contributed by atoms with Gasteiger partial charge in [0.05, 0.1) is 18.5 Å². The molecule has 1 aromatic carbocycles. The number of benzene rings is 1. The van der Waals surface area contributed by atoms with E-state index in [0.29, 0.717) is 5.69 Å². The molecule has 2 aromatic rings. The fourth-order valence-corrected chi connectivity index (χ4v) is 1.59. The Labute approximate surface area is 109 Å². The second kappa shape index (κ2) is 5.89. The molecule has 1 aromatic heterocycles. The Morgan fingerprint density at radius 1 is 1.11 bits per heavy atom. The highest BCUT2D eigenvalue weighted by Crippen LogP contribution is 2.17. The molecule has 3 atom stereocenters. The molecule has 0 saturated carbocycles. The third-order valence-corrected chi connectivity index (χ3v) is 2.70. The van der Waals surface area contributed by atoms with E-state index in [1.54, 1.807) is 12.1 Å². The number of aliphatic hydroxyl groups excluding tert-OH is 4. The lowest BCUT2D eigenvalue weighted by molar-refractivity contribution is -0.0790. The second-order valence-corrected chi connectivity index (χ2v) is 4.08. The van der Waals surface area contributed by atoms with E-state index < -0.39 is 24.9 Å². The summed E-state index contributed by atoms with van der Waals surface area (Å²) >= 11 is 0. The minimum Gasteiger partial charge on any atom is -0.394 e. The van der Waals surface area contributed by atoms with E-state index in [4.69, 9.17) is 5.11 Å². The number of hydrogen-bond acceptors (Lipinski definition) is 6. The summed E-state index contributed by atoms with van der Waals surface area (Å²) in [4.78, 5) is 1.30. The number of nitrogens with zero attached hydrogens (tertiary/aromatic N) is 3. The van der Waals surface area contributed by atoms with E-state index in [1.807, 2.05) is 18.2 Å². The molecule has 0 aliphatic rings. The van der Waals surface area contributed by atoms with Gasteiger partial charge in [-0.3, -0.25) is 0 Å². The first kappa shape index (κ1) is 13.6. The zero-order chi connectivity index (χ0) is 13.8. The lowest BCUT2D eigenvalue weighted by atomic mass is 10.1. The average Bonchev–Trinajstić information content (AvgIpc) is 2.95. The van der Waals surface area contributed by atoms with Crippen molar-refractivity contribution in [2.45, 2.75) is 18.3 Å². The molecule has 0 aliphatic heterocycles. The highest BCUT2D eigenvalue weighted by Gasteiger charge is 2.27. The van der Waals surface area contributed by atoms with Crippen molar-refractivity contribution >= 4 is 0 Å². The van der Waals surface area contributed by atoms with Crippen LogP contribution >= 0.6 is 0 Å². The molecule has 0 fully saturated rings. The molecular formula is C12H15N3O4. The van der Waals surface area contributed by atoms with Gasteiger partial charge in [0, 0.05) is 0 Å². The van der Waals surface area contributed by atoms with Crippen LogP contribution in [0.15, 0.2) is 36.5 Å². The molecule has 0 saturated heterocycles. The molecule has 1 heterocycles. The summed E-state index contributed by atoms with van der Waals surface area (Å²) < 4.78 is 0. The van der Waals surface area contributed by atoms with Gasteiger partial charge in [0.15, 0.2) is 0 Å². The van der Waals surface area contributed by atoms with Crippen LogP contribution in [0.3, 0.4) is 0 Å². The van der Waals surface area contributed by atoms with Gasteiger partial charge in [0.2, 0.25) is 0 Å². The van der Waals surface area contributed by atoms with Crippen LogP contribution in [0.5, 0.6) is 0 Å². The first-order valence-corrected chi connectivity index (χ1v) is 5.76. The summed E-state index contributed by atoms with van der Waals surface area (Å²) in [6.07, 6.45) is -3.08. The topological polar surface area (TPSA) is 112 Å². The Bertz CT molecular complexity index is 517. The van der Waals surface area contributed by atoms with Crippen LogP contribution in [-0.4, -0.2) is 54.2 Å². The van der Waals surface area contributed by atoms with Gasteiger partial charge >= 0.3 is 0 Å². The molecule has 0 amide bonds. The zero-order valence-electron chi connectivity index (χ0n) is 10.0. The van der Waals surface area contributed by atoms with Crippen LogP contribution in [0.25, 0.3) is 5.69 Å². The second-order valence-electron chi connectivity index (χ2n) is 4.08. The summed E-state index contributed by atoms with van der Waals surface area (Å²) in [6.45, 7) is -0.648. The Balaban J connectivity index is 2.17. The maximum absolute atomic E-state index is 9.81. The molecule has 7 heteroatoms. The minimum atomic E-state index is -1.52. The molecule has 7 nitrogen and oxygen atoms in total. The van der Waals surface area contributed by atoms with E-state index in [9.17, 15) is 15.3 Å². The fraction of sp³-hybridized carbons (Fsp3) is 0.333. The van der Waals surface area contributed by atoms with Gasteiger partial charge in [-0.25, -0.2) is 0 Å². The Morgan fingerprint density at radius 2 is 1.79 bits per heavy atom. The van der Waals surface area contributed by atoms with Crippen molar-refractivity contribution in [2.75, 3.05) is 6.61 Å². The summed E-state index contributed by atoms with van der Waals surface area (Å²) in [5, 5.41) is 45.4. The summed E-state index contributed by atoms with van der Waals surface area (Å²) in [7, 11) is 0. The predicted octanol–water partition coefficient (Wildman–Crippen LogP) is -0.985. The Hall–Kier alpha value is -1.80. The van der Waals surface area contributed by atoms with Crippen molar-refractivity contribution < 1.29 is 20.4 Å². The SMILES string of the molecule is OC[C@@H](O)[C@@H](O)[C@H](O)c1cnn(-c2ccccc2)n1. The van der Waals surface area contributed by atoms with Crippen molar-refractivity contribution in [2.24, 2.45) is 0 Å². The molecule has 0 unspecified atom stereocenters. The molecule has 0 radical (unpaired) electrons.